The summed E-state index contributed by atoms with van der Waals surface area (Å²) in [5.74, 6) is 0.0278. The van der Waals surface area contributed by atoms with Gasteiger partial charge in [-0.25, -0.2) is 4.98 Å². The van der Waals surface area contributed by atoms with Crippen molar-refractivity contribution in [2.24, 2.45) is 5.73 Å². The lowest BCUT2D eigenvalue weighted by molar-refractivity contribution is 0.100. The fourth-order valence-electron chi connectivity index (χ4n) is 1.48. The van der Waals surface area contributed by atoms with Crippen LogP contribution in [-0.2, 0) is 0 Å². The minimum atomic E-state index is -0.439. The Morgan fingerprint density at radius 3 is 2.38 bits per heavy atom. The minimum Gasteiger partial charge on any atom is -0.383 e. The van der Waals surface area contributed by atoms with Crippen molar-refractivity contribution in [1.82, 2.24) is 4.98 Å². The molecule has 0 aliphatic rings. The molecular formula is C12H11N3O. The van der Waals surface area contributed by atoms with Gasteiger partial charge in [0.1, 0.15) is 5.82 Å². The maximum Gasteiger partial charge on any atom is 0.248 e. The molecule has 1 amide bonds. The first kappa shape index (κ1) is 10.2. The molecule has 0 unspecified atom stereocenters. The van der Waals surface area contributed by atoms with Crippen molar-refractivity contribution in [2.45, 2.75) is 0 Å². The number of amides is 1. The number of carbonyl (C=O) groups excluding carboxylic acids is 1. The maximum atomic E-state index is 10.9. The van der Waals surface area contributed by atoms with Crippen molar-refractivity contribution in [3.8, 4) is 11.1 Å². The van der Waals surface area contributed by atoms with Crippen LogP contribution in [0.1, 0.15) is 10.4 Å². The van der Waals surface area contributed by atoms with Gasteiger partial charge in [0.05, 0.1) is 0 Å². The van der Waals surface area contributed by atoms with E-state index in [-0.39, 0.29) is 0 Å². The van der Waals surface area contributed by atoms with E-state index >= 15 is 0 Å². The van der Waals surface area contributed by atoms with Crippen molar-refractivity contribution >= 4 is 11.7 Å². The predicted octanol–water partition coefficient (Wildman–Crippen LogP) is 1.43. The highest BCUT2D eigenvalue weighted by Gasteiger charge is 2.04. The number of pyridine rings is 1. The summed E-state index contributed by atoms with van der Waals surface area (Å²) in [6.45, 7) is 0. The van der Waals surface area contributed by atoms with Crippen LogP contribution < -0.4 is 11.5 Å². The number of nitrogen functional groups attached to an aromatic ring is 1. The van der Waals surface area contributed by atoms with E-state index in [1.54, 1.807) is 30.5 Å². The minimum absolute atomic E-state index is 0.439. The normalized spacial score (nSPS) is 10.0. The zero-order valence-corrected chi connectivity index (χ0v) is 8.55. The number of anilines is 1. The number of nitrogens with two attached hydrogens (primary N) is 2. The smallest absolute Gasteiger partial charge is 0.248 e. The molecule has 80 valence electrons. The van der Waals surface area contributed by atoms with E-state index in [0.717, 1.165) is 11.1 Å². The van der Waals surface area contributed by atoms with Crippen molar-refractivity contribution in [3.05, 3.63) is 48.2 Å². The molecular weight excluding hydrogens is 202 g/mol. The highest BCUT2D eigenvalue weighted by Crippen LogP contribution is 2.23. The average Bonchev–Trinajstić information content (AvgIpc) is 2.30. The molecule has 0 aliphatic carbocycles. The van der Waals surface area contributed by atoms with E-state index in [2.05, 4.69) is 4.98 Å². The molecule has 0 saturated carbocycles. The van der Waals surface area contributed by atoms with Crippen LogP contribution in [0, 0.1) is 0 Å². The van der Waals surface area contributed by atoms with E-state index in [1.807, 2.05) is 12.1 Å². The third-order valence-electron chi connectivity index (χ3n) is 2.32. The Balaban J connectivity index is 2.43. The quantitative estimate of drug-likeness (QED) is 0.791. The number of nitrogens with zero attached hydrogens (tertiary/aromatic N) is 1. The van der Waals surface area contributed by atoms with E-state index in [4.69, 9.17) is 11.5 Å². The van der Waals surface area contributed by atoms with Gasteiger partial charge in [0, 0.05) is 17.3 Å². The number of hydrogen-bond acceptors (Lipinski definition) is 3. The summed E-state index contributed by atoms with van der Waals surface area (Å²) >= 11 is 0. The van der Waals surface area contributed by atoms with E-state index < -0.39 is 5.91 Å². The Morgan fingerprint density at radius 1 is 1.12 bits per heavy atom. The standard InChI is InChI=1S/C12H11N3O/c13-11-10(2-1-7-15-11)8-3-5-9(6-4-8)12(14)16/h1-7H,(H2,13,15)(H2,14,16). The van der Waals surface area contributed by atoms with Crippen LogP contribution >= 0.6 is 0 Å². The van der Waals surface area contributed by atoms with Crippen LogP contribution in [0.4, 0.5) is 5.82 Å². The molecule has 2 rings (SSSR count). The fraction of sp³-hybridized carbons (Fsp3) is 0. The molecule has 1 aromatic heterocycles. The molecule has 0 bridgehead atoms. The lowest BCUT2D eigenvalue weighted by Crippen LogP contribution is -2.10. The van der Waals surface area contributed by atoms with Crippen molar-refractivity contribution in [3.63, 3.8) is 0 Å². The molecule has 1 aromatic carbocycles. The average molecular weight is 213 g/mol. The first-order valence-electron chi connectivity index (χ1n) is 4.79. The summed E-state index contributed by atoms with van der Waals surface area (Å²) in [5.41, 5.74) is 13.1. The second kappa shape index (κ2) is 4.02. The Kier molecular flexibility index (Phi) is 2.55. The molecule has 0 fully saturated rings. The van der Waals surface area contributed by atoms with Gasteiger partial charge in [-0.2, -0.15) is 0 Å². The summed E-state index contributed by atoms with van der Waals surface area (Å²) in [4.78, 5) is 14.9. The van der Waals surface area contributed by atoms with E-state index in [0.29, 0.717) is 11.4 Å². The Labute approximate surface area is 92.9 Å². The Hall–Kier alpha value is -2.36. The van der Waals surface area contributed by atoms with Crippen molar-refractivity contribution < 1.29 is 4.79 Å². The van der Waals surface area contributed by atoms with E-state index in [9.17, 15) is 4.79 Å². The second-order valence-electron chi connectivity index (χ2n) is 3.38. The second-order valence-corrected chi connectivity index (χ2v) is 3.38. The number of primary amides is 1. The number of hydrogen-bond donors (Lipinski definition) is 2. The summed E-state index contributed by atoms with van der Waals surface area (Å²) in [6.07, 6.45) is 1.64. The van der Waals surface area contributed by atoms with Gasteiger partial charge in [0.2, 0.25) is 5.91 Å². The highest BCUT2D eigenvalue weighted by molar-refractivity contribution is 5.93. The molecule has 0 aliphatic heterocycles. The molecule has 4 N–H and O–H groups in total. The van der Waals surface area contributed by atoms with Gasteiger partial charge >= 0.3 is 0 Å². The summed E-state index contributed by atoms with van der Waals surface area (Å²) in [5, 5.41) is 0. The Bertz CT molecular complexity index is 520. The first-order valence-corrected chi connectivity index (χ1v) is 4.79. The van der Waals surface area contributed by atoms with Crippen LogP contribution in [0.25, 0.3) is 11.1 Å². The molecule has 1 heterocycles. The highest BCUT2D eigenvalue weighted by atomic mass is 16.1. The zero-order chi connectivity index (χ0) is 11.5. The molecule has 4 nitrogen and oxygen atoms in total. The predicted molar refractivity (Wildman–Crippen MR) is 62.6 cm³/mol. The third kappa shape index (κ3) is 1.86. The van der Waals surface area contributed by atoms with Gasteiger partial charge < -0.3 is 11.5 Å². The molecule has 16 heavy (non-hydrogen) atoms. The van der Waals surface area contributed by atoms with E-state index in [1.165, 1.54) is 0 Å². The van der Waals surface area contributed by atoms with Gasteiger partial charge in [-0.3, -0.25) is 4.79 Å². The first-order chi connectivity index (χ1) is 7.68. The topological polar surface area (TPSA) is 82.0 Å². The zero-order valence-electron chi connectivity index (χ0n) is 8.55. The lowest BCUT2D eigenvalue weighted by atomic mass is 10.0. The number of aromatic nitrogens is 1. The number of rotatable bonds is 2. The third-order valence-corrected chi connectivity index (χ3v) is 2.32. The number of benzene rings is 1. The van der Waals surface area contributed by atoms with Gasteiger partial charge in [-0.05, 0) is 29.8 Å². The van der Waals surface area contributed by atoms with Crippen molar-refractivity contribution in [2.75, 3.05) is 5.73 Å². The summed E-state index contributed by atoms with van der Waals surface area (Å²) in [6, 6.07) is 10.6. The number of carbonyl (C=O) groups is 1. The summed E-state index contributed by atoms with van der Waals surface area (Å²) < 4.78 is 0. The van der Waals surface area contributed by atoms with Crippen LogP contribution in [0.15, 0.2) is 42.6 Å². The summed E-state index contributed by atoms with van der Waals surface area (Å²) in [7, 11) is 0. The molecule has 4 heteroatoms. The van der Waals surface area contributed by atoms with Gasteiger partial charge in [0.15, 0.2) is 0 Å². The molecule has 2 aromatic rings. The molecule has 0 saturated heterocycles. The van der Waals surface area contributed by atoms with Gasteiger partial charge in [0.25, 0.3) is 0 Å². The largest absolute Gasteiger partial charge is 0.383 e. The SMILES string of the molecule is NC(=O)c1ccc(-c2cccnc2N)cc1. The van der Waals surface area contributed by atoms with Gasteiger partial charge in [-0.15, -0.1) is 0 Å². The molecule has 0 spiro atoms. The van der Waals surface area contributed by atoms with Gasteiger partial charge in [-0.1, -0.05) is 12.1 Å². The van der Waals surface area contributed by atoms with Crippen LogP contribution in [-0.4, -0.2) is 10.9 Å². The monoisotopic (exact) mass is 213 g/mol. The van der Waals surface area contributed by atoms with Crippen LogP contribution in [0.2, 0.25) is 0 Å². The maximum absolute atomic E-state index is 10.9. The van der Waals surface area contributed by atoms with Crippen LogP contribution in [0.3, 0.4) is 0 Å². The Morgan fingerprint density at radius 2 is 1.81 bits per heavy atom. The van der Waals surface area contributed by atoms with Crippen molar-refractivity contribution in [1.29, 1.82) is 0 Å². The molecule has 0 radical (unpaired) electrons. The van der Waals surface area contributed by atoms with Crippen LogP contribution in [0.5, 0.6) is 0 Å². The fourth-order valence-corrected chi connectivity index (χ4v) is 1.48. The molecule has 0 atom stereocenters. The lowest BCUT2D eigenvalue weighted by Gasteiger charge is -2.04.